The third kappa shape index (κ3) is 4.68. The highest BCUT2D eigenvalue weighted by Gasteiger charge is 2.13. The van der Waals surface area contributed by atoms with Crippen LogP contribution in [0.2, 0.25) is 0 Å². The molecule has 0 bridgehead atoms. The van der Waals surface area contributed by atoms with Gasteiger partial charge in [0.1, 0.15) is 23.1 Å². The Morgan fingerprint density at radius 1 is 1.04 bits per heavy atom. The molecule has 0 N–H and O–H groups in total. The van der Waals surface area contributed by atoms with Gasteiger partial charge < -0.3 is 9.47 Å². The van der Waals surface area contributed by atoms with Gasteiger partial charge in [-0.25, -0.2) is 4.79 Å². The number of hydrogen-bond donors (Lipinski definition) is 0. The van der Waals surface area contributed by atoms with Crippen molar-refractivity contribution in [2.24, 2.45) is 0 Å². The number of ketones is 1. The third-order valence-corrected chi connectivity index (χ3v) is 3.47. The van der Waals surface area contributed by atoms with Crippen molar-refractivity contribution in [1.82, 2.24) is 0 Å². The number of carbonyl (C=O) groups is 2. The van der Waals surface area contributed by atoms with Crippen molar-refractivity contribution in [2.45, 2.75) is 6.92 Å². The second-order valence-electron chi connectivity index (χ2n) is 5.47. The van der Waals surface area contributed by atoms with Crippen LogP contribution in [0.15, 0.2) is 66.3 Å². The van der Waals surface area contributed by atoms with Gasteiger partial charge in [-0.1, -0.05) is 18.7 Å². The number of Topliss-reactive ketones (excluding diaryl/α,β-unsaturated/α-hetero) is 1. The highest BCUT2D eigenvalue weighted by atomic mass is 16.5. The fraction of sp³-hybridized carbons (Fsp3) is 0.0952. The Bertz CT molecular complexity index is 901. The maximum atomic E-state index is 12.5. The molecule has 26 heavy (non-hydrogen) atoms. The molecule has 0 fully saturated rings. The van der Waals surface area contributed by atoms with E-state index in [1.165, 1.54) is 30.3 Å². The summed E-state index contributed by atoms with van der Waals surface area (Å²) >= 11 is 0. The van der Waals surface area contributed by atoms with E-state index in [9.17, 15) is 14.9 Å². The van der Waals surface area contributed by atoms with Gasteiger partial charge in [-0.15, -0.1) is 0 Å². The predicted octanol–water partition coefficient (Wildman–Crippen LogP) is 3.97. The van der Waals surface area contributed by atoms with Crippen LogP contribution in [0.1, 0.15) is 22.8 Å². The van der Waals surface area contributed by atoms with E-state index in [0.717, 1.165) is 0 Å². The van der Waals surface area contributed by atoms with Crippen LogP contribution >= 0.6 is 0 Å². The molecule has 130 valence electrons. The molecule has 0 radical (unpaired) electrons. The van der Waals surface area contributed by atoms with Gasteiger partial charge in [0.2, 0.25) is 5.78 Å². The number of nitrogens with zero attached hydrogens (tertiary/aromatic N) is 1. The average molecular weight is 347 g/mol. The quantitative estimate of drug-likeness (QED) is 0.260. The van der Waals surface area contributed by atoms with Gasteiger partial charge in [0.25, 0.3) is 0 Å². The van der Waals surface area contributed by atoms with E-state index in [-0.39, 0.29) is 11.1 Å². The minimum atomic E-state index is -0.541. The summed E-state index contributed by atoms with van der Waals surface area (Å²) in [5.74, 6) is 0.0290. The highest BCUT2D eigenvalue weighted by molar-refractivity contribution is 6.14. The average Bonchev–Trinajstić information content (AvgIpc) is 2.66. The lowest BCUT2D eigenvalue weighted by atomic mass is 10.0. The Balaban J connectivity index is 2.19. The number of nitriles is 1. The van der Waals surface area contributed by atoms with Gasteiger partial charge in [-0.3, -0.25) is 4.79 Å². The molecule has 0 aliphatic carbocycles. The van der Waals surface area contributed by atoms with Crippen molar-refractivity contribution in [3.63, 3.8) is 0 Å². The van der Waals surface area contributed by atoms with Crippen LogP contribution in [-0.2, 0) is 4.79 Å². The first-order valence-corrected chi connectivity index (χ1v) is 7.73. The predicted molar refractivity (Wildman–Crippen MR) is 97.8 cm³/mol. The smallest absolute Gasteiger partial charge is 0.338 e. The lowest BCUT2D eigenvalue weighted by Gasteiger charge is -2.05. The lowest BCUT2D eigenvalue weighted by molar-refractivity contribution is -0.130. The molecule has 0 amide bonds. The van der Waals surface area contributed by atoms with Crippen molar-refractivity contribution < 1.29 is 19.1 Å². The SMILES string of the molecule is C=C(C)C(=O)Oc1ccc(C(=O)C(C#N)=Cc2ccc(OC)cc2)cc1. The molecule has 0 aromatic heterocycles. The van der Waals surface area contributed by atoms with Crippen LogP contribution in [0.4, 0.5) is 0 Å². The van der Waals surface area contributed by atoms with Crippen molar-refractivity contribution in [3.05, 3.63) is 77.4 Å². The van der Waals surface area contributed by atoms with E-state index in [1.54, 1.807) is 38.3 Å². The van der Waals surface area contributed by atoms with Crippen LogP contribution in [0.3, 0.4) is 0 Å². The number of allylic oxidation sites excluding steroid dienone is 1. The molecule has 2 rings (SSSR count). The summed E-state index contributed by atoms with van der Waals surface area (Å²) in [5, 5.41) is 9.31. The third-order valence-electron chi connectivity index (χ3n) is 3.47. The van der Waals surface area contributed by atoms with E-state index in [4.69, 9.17) is 9.47 Å². The second-order valence-corrected chi connectivity index (χ2v) is 5.47. The van der Waals surface area contributed by atoms with Crippen molar-refractivity contribution >= 4 is 17.8 Å². The molecule has 0 saturated carbocycles. The van der Waals surface area contributed by atoms with Gasteiger partial charge in [-0.2, -0.15) is 5.26 Å². The standard InChI is InChI=1S/C21H17NO4/c1-14(2)21(24)26-19-10-6-16(7-11-19)20(23)17(13-22)12-15-4-8-18(25-3)9-5-15/h4-12H,1H2,2-3H3. The van der Waals surface area contributed by atoms with Crippen molar-refractivity contribution in [3.8, 4) is 17.6 Å². The number of methoxy groups -OCH3 is 1. The monoisotopic (exact) mass is 347 g/mol. The summed E-state index contributed by atoms with van der Waals surface area (Å²) in [6.07, 6.45) is 1.51. The Morgan fingerprint density at radius 3 is 2.12 bits per heavy atom. The van der Waals surface area contributed by atoms with E-state index in [0.29, 0.717) is 22.6 Å². The van der Waals surface area contributed by atoms with E-state index in [1.807, 2.05) is 6.07 Å². The molecule has 0 unspecified atom stereocenters. The van der Waals surface area contributed by atoms with Gasteiger partial charge >= 0.3 is 5.97 Å². The molecule has 5 nitrogen and oxygen atoms in total. The largest absolute Gasteiger partial charge is 0.497 e. The van der Waals surface area contributed by atoms with Crippen LogP contribution in [0.5, 0.6) is 11.5 Å². The van der Waals surface area contributed by atoms with Gasteiger partial charge in [0.05, 0.1) is 7.11 Å². The zero-order valence-electron chi connectivity index (χ0n) is 14.5. The fourth-order valence-corrected chi connectivity index (χ4v) is 2.04. The molecule has 2 aromatic rings. The first-order chi connectivity index (χ1) is 12.4. The maximum Gasteiger partial charge on any atom is 0.338 e. The molecule has 0 aliphatic heterocycles. The molecular weight excluding hydrogens is 330 g/mol. The minimum Gasteiger partial charge on any atom is -0.497 e. The first kappa shape index (κ1) is 18.7. The molecule has 0 saturated heterocycles. The maximum absolute atomic E-state index is 12.5. The molecule has 0 atom stereocenters. The van der Waals surface area contributed by atoms with Crippen LogP contribution in [-0.4, -0.2) is 18.9 Å². The number of ether oxygens (including phenoxy) is 2. The molecule has 0 aliphatic rings. The normalized spacial score (nSPS) is 10.6. The van der Waals surface area contributed by atoms with Gasteiger partial charge in [0.15, 0.2) is 0 Å². The number of esters is 1. The lowest BCUT2D eigenvalue weighted by Crippen LogP contribution is -2.08. The molecule has 2 aromatic carbocycles. The summed E-state index contributed by atoms with van der Waals surface area (Å²) in [6, 6.07) is 14.9. The van der Waals surface area contributed by atoms with Gasteiger partial charge in [-0.05, 0) is 55.0 Å². The van der Waals surface area contributed by atoms with Crippen molar-refractivity contribution in [1.29, 1.82) is 5.26 Å². The fourth-order valence-electron chi connectivity index (χ4n) is 2.04. The first-order valence-electron chi connectivity index (χ1n) is 7.73. The van der Waals surface area contributed by atoms with Crippen molar-refractivity contribution in [2.75, 3.05) is 7.11 Å². The Hall–Kier alpha value is -3.65. The van der Waals surface area contributed by atoms with Gasteiger partial charge in [0, 0.05) is 11.1 Å². The highest BCUT2D eigenvalue weighted by Crippen LogP contribution is 2.18. The summed E-state index contributed by atoms with van der Waals surface area (Å²) in [6.45, 7) is 5.05. The Labute approximate surface area is 151 Å². The zero-order valence-corrected chi connectivity index (χ0v) is 14.5. The second kappa shape index (κ2) is 8.45. The Morgan fingerprint density at radius 2 is 1.62 bits per heavy atom. The number of rotatable bonds is 6. The summed E-state index contributed by atoms with van der Waals surface area (Å²) < 4.78 is 10.2. The van der Waals surface area contributed by atoms with Crippen LogP contribution < -0.4 is 9.47 Å². The Kier molecular flexibility index (Phi) is 6.07. The molecule has 0 spiro atoms. The molecule has 0 heterocycles. The van der Waals surface area contributed by atoms with Crippen LogP contribution in [0, 0.1) is 11.3 Å². The number of hydrogen-bond acceptors (Lipinski definition) is 5. The number of benzene rings is 2. The molecular formula is C21H17NO4. The topological polar surface area (TPSA) is 76.4 Å². The number of carbonyl (C=O) groups excluding carboxylic acids is 2. The van der Waals surface area contributed by atoms with E-state index in [2.05, 4.69) is 6.58 Å². The minimum absolute atomic E-state index is 0.00171. The summed E-state index contributed by atoms with van der Waals surface area (Å²) in [4.78, 5) is 24.0. The van der Waals surface area contributed by atoms with E-state index < -0.39 is 11.8 Å². The molecule has 5 heteroatoms. The summed E-state index contributed by atoms with van der Waals surface area (Å²) in [5.41, 5.74) is 1.31. The zero-order chi connectivity index (χ0) is 19.1. The summed E-state index contributed by atoms with van der Waals surface area (Å²) in [7, 11) is 1.56. The van der Waals surface area contributed by atoms with E-state index >= 15 is 0 Å². The van der Waals surface area contributed by atoms with Crippen LogP contribution in [0.25, 0.3) is 6.08 Å².